The number of hydrogen-bond acceptors (Lipinski definition) is 3. The molecule has 1 rings (SSSR count). The van der Waals surface area contributed by atoms with Crippen LogP contribution in [0.3, 0.4) is 0 Å². The molecule has 0 bridgehead atoms. The van der Waals surface area contributed by atoms with E-state index in [0.29, 0.717) is 13.0 Å². The van der Waals surface area contributed by atoms with Gasteiger partial charge in [0.1, 0.15) is 0 Å². The van der Waals surface area contributed by atoms with Gasteiger partial charge >= 0.3 is 0 Å². The van der Waals surface area contributed by atoms with Crippen LogP contribution in [0.15, 0.2) is 0 Å². The van der Waals surface area contributed by atoms with E-state index in [1.807, 2.05) is 20.8 Å². The van der Waals surface area contributed by atoms with Crippen LogP contribution >= 0.6 is 0 Å². The first-order chi connectivity index (χ1) is 7.42. The van der Waals surface area contributed by atoms with Crippen LogP contribution in [0.2, 0.25) is 0 Å². The molecule has 1 fully saturated rings. The second-order valence-corrected chi connectivity index (χ2v) is 5.03. The van der Waals surface area contributed by atoms with E-state index in [4.69, 9.17) is 0 Å². The van der Waals surface area contributed by atoms with E-state index in [2.05, 4.69) is 12.2 Å². The van der Waals surface area contributed by atoms with Crippen LogP contribution in [-0.4, -0.2) is 35.8 Å². The minimum absolute atomic E-state index is 0.0335. The summed E-state index contributed by atoms with van der Waals surface area (Å²) in [7, 11) is 0. The molecule has 1 aliphatic rings. The van der Waals surface area contributed by atoms with Gasteiger partial charge in [0.05, 0.1) is 5.41 Å². The third-order valence-electron chi connectivity index (χ3n) is 3.11. The van der Waals surface area contributed by atoms with Crippen molar-refractivity contribution in [2.24, 2.45) is 5.41 Å². The van der Waals surface area contributed by atoms with Crippen molar-refractivity contribution in [2.45, 2.75) is 46.6 Å². The number of imide groups is 1. The van der Waals surface area contributed by atoms with Crippen molar-refractivity contribution in [1.29, 1.82) is 0 Å². The van der Waals surface area contributed by atoms with E-state index < -0.39 is 5.41 Å². The molecule has 0 aromatic carbocycles. The van der Waals surface area contributed by atoms with E-state index in [9.17, 15) is 9.59 Å². The summed E-state index contributed by atoms with van der Waals surface area (Å²) >= 11 is 0. The smallest absolute Gasteiger partial charge is 0.235 e. The molecule has 0 saturated carbocycles. The molecule has 0 aromatic rings. The molecule has 4 heteroatoms. The van der Waals surface area contributed by atoms with Gasteiger partial charge in [-0.15, -0.1) is 0 Å². The van der Waals surface area contributed by atoms with Crippen molar-refractivity contribution in [3.05, 3.63) is 0 Å². The Balaban J connectivity index is 2.67. The topological polar surface area (TPSA) is 49.4 Å². The predicted octanol–water partition coefficient (Wildman–Crippen LogP) is 1.16. The van der Waals surface area contributed by atoms with Crippen LogP contribution in [0.4, 0.5) is 0 Å². The third kappa shape index (κ3) is 2.61. The predicted molar refractivity (Wildman–Crippen MR) is 62.9 cm³/mol. The normalized spacial score (nSPS) is 21.6. The highest BCUT2D eigenvalue weighted by atomic mass is 16.2. The Morgan fingerprint density at radius 2 is 2.00 bits per heavy atom. The Morgan fingerprint density at radius 1 is 1.38 bits per heavy atom. The van der Waals surface area contributed by atoms with Crippen LogP contribution in [0, 0.1) is 5.41 Å². The average Bonchev–Trinajstić information content (AvgIpc) is 2.39. The largest absolute Gasteiger partial charge is 0.312 e. The number of nitrogens with zero attached hydrogens (tertiary/aromatic N) is 1. The van der Waals surface area contributed by atoms with Gasteiger partial charge in [0, 0.05) is 19.0 Å². The highest BCUT2D eigenvalue weighted by Crippen LogP contribution is 2.31. The van der Waals surface area contributed by atoms with Crippen LogP contribution in [0.5, 0.6) is 0 Å². The minimum atomic E-state index is -0.512. The van der Waals surface area contributed by atoms with E-state index in [-0.39, 0.29) is 17.9 Å². The summed E-state index contributed by atoms with van der Waals surface area (Å²) < 4.78 is 0. The molecule has 0 aromatic heterocycles. The van der Waals surface area contributed by atoms with E-state index in [1.165, 1.54) is 4.90 Å². The Bertz CT molecular complexity index is 287. The van der Waals surface area contributed by atoms with Crippen molar-refractivity contribution in [3.8, 4) is 0 Å². The first kappa shape index (κ1) is 13.2. The molecule has 4 nitrogen and oxygen atoms in total. The lowest BCUT2D eigenvalue weighted by molar-refractivity contribution is -0.141. The lowest BCUT2D eigenvalue weighted by Crippen LogP contribution is -2.44. The fourth-order valence-electron chi connectivity index (χ4n) is 2.06. The summed E-state index contributed by atoms with van der Waals surface area (Å²) in [5.41, 5.74) is -0.512. The van der Waals surface area contributed by atoms with Gasteiger partial charge in [-0.3, -0.25) is 14.5 Å². The number of carbonyl (C=O) groups is 2. The number of carbonyl (C=O) groups excluding carboxylic acids is 2. The van der Waals surface area contributed by atoms with Crippen LogP contribution in [-0.2, 0) is 9.59 Å². The maximum Gasteiger partial charge on any atom is 0.235 e. The second kappa shape index (κ2) is 4.95. The zero-order valence-electron chi connectivity index (χ0n) is 10.7. The number of hydrogen-bond donors (Lipinski definition) is 1. The SMILES string of the molecule is CCNC(CC)CN1C(=O)CC(C)(C)C1=O. The molecule has 92 valence electrons. The molecular weight excluding hydrogens is 204 g/mol. The van der Waals surface area contributed by atoms with Crippen molar-refractivity contribution in [3.63, 3.8) is 0 Å². The van der Waals surface area contributed by atoms with Crippen molar-refractivity contribution < 1.29 is 9.59 Å². The number of rotatable bonds is 5. The van der Waals surface area contributed by atoms with Gasteiger partial charge in [0.2, 0.25) is 11.8 Å². The molecule has 0 spiro atoms. The zero-order valence-corrected chi connectivity index (χ0v) is 10.7. The Labute approximate surface area is 97.4 Å². The first-order valence-electron chi connectivity index (χ1n) is 6.00. The van der Waals surface area contributed by atoms with Gasteiger partial charge in [-0.1, -0.05) is 27.7 Å². The summed E-state index contributed by atoms with van der Waals surface area (Å²) in [5, 5.41) is 3.28. The van der Waals surface area contributed by atoms with E-state index in [1.54, 1.807) is 0 Å². The number of amides is 2. The maximum absolute atomic E-state index is 12.0. The van der Waals surface area contributed by atoms with Gasteiger partial charge in [-0.25, -0.2) is 0 Å². The average molecular weight is 226 g/mol. The second-order valence-electron chi connectivity index (χ2n) is 5.03. The standard InChI is InChI=1S/C12H22N2O2/c1-5-9(13-6-2)8-14-10(15)7-12(3,4)11(14)16/h9,13H,5-8H2,1-4H3. The molecule has 16 heavy (non-hydrogen) atoms. The quantitative estimate of drug-likeness (QED) is 0.716. The van der Waals surface area contributed by atoms with Crippen LogP contribution in [0.25, 0.3) is 0 Å². The first-order valence-corrected chi connectivity index (χ1v) is 6.00. The van der Waals surface area contributed by atoms with E-state index >= 15 is 0 Å². The summed E-state index contributed by atoms with van der Waals surface area (Å²) in [6, 6.07) is 0.215. The Kier molecular flexibility index (Phi) is 4.08. The van der Waals surface area contributed by atoms with Gasteiger partial charge in [0.25, 0.3) is 0 Å². The van der Waals surface area contributed by atoms with Gasteiger partial charge in [-0.05, 0) is 13.0 Å². The molecule has 0 aliphatic carbocycles. The fraction of sp³-hybridized carbons (Fsp3) is 0.833. The summed E-state index contributed by atoms with van der Waals surface area (Å²) in [5.74, 6) is -0.0693. The molecule has 1 aliphatic heterocycles. The van der Waals surface area contributed by atoms with Crippen molar-refractivity contribution in [2.75, 3.05) is 13.1 Å². The molecule has 1 saturated heterocycles. The molecule has 1 atom stereocenters. The van der Waals surface area contributed by atoms with Crippen molar-refractivity contribution >= 4 is 11.8 Å². The van der Waals surface area contributed by atoms with Gasteiger partial charge in [-0.2, -0.15) is 0 Å². The highest BCUT2D eigenvalue weighted by Gasteiger charge is 2.44. The minimum Gasteiger partial charge on any atom is -0.312 e. The molecule has 0 radical (unpaired) electrons. The number of likely N-dealkylation sites (N-methyl/N-ethyl adjacent to an activating group) is 1. The number of likely N-dealkylation sites (tertiary alicyclic amines) is 1. The third-order valence-corrected chi connectivity index (χ3v) is 3.11. The molecule has 2 amide bonds. The summed E-state index contributed by atoms with van der Waals surface area (Å²) in [4.78, 5) is 25.1. The van der Waals surface area contributed by atoms with Crippen molar-refractivity contribution in [1.82, 2.24) is 10.2 Å². The summed E-state index contributed by atoms with van der Waals surface area (Å²) in [6.45, 7) is 9.12. The zero-order chi connectivity index (χ0) is 12.3. The monoisotopic (exact) mass is 226 g/mol. The number of nitrogens with one attached hydrogen (secondary N) is 1. The summed E-state index contributed by atoms with van der Waals surface area (Å²) in [6.07, 6.45) is 1.26. The van der Waals surface area contributed by atoms with Crippen LogP contribution in [0.1, 0.15) is 40.5 Å². The molecule has 1 heterocycles. The van der Waals surface area contributed by atoms with Gasteiger partial charge < -0.3 is 5.32 Å². The lowest BCUT2D eigenvalue weighted by atomic mass is 9.92. The van der Waals surface area contributed by atoms with Crippen LogP contribution < -0.4 is 5.32 Å². The van der Waals surface area contributed by atoms with E-state index in [0.717, 1.165) is 13.0 Å². The fourth-order valence-corrected chi connectivity index (χ4v) is 2.06. The molecule has 1 unspecified atom stereocenters. The van der Waals surface area contributed by atoms with Gasteiger partial charge in [0.15, 0.2) is 0 Å². The Morgan fingerprint density at radius 3 is 2.38 bits per heavy atom. The molecule has 1 N–H and O–H groups in total. The highest BCUT2D eigenvalue weighted by molar-refractivity contribution is 6.05. The molecular formula is C12H22N2O2. The Hall–Kier alpha value is -0.900. The lowest BCUT2D eigenvalue weighted by Gasteiger charge is -2.23. The maximum atomic E-state index is 12.0.